The molecule has 1 rings (SSSR count). The molecule has 9 heavy (non-hydrogen) atoms. The predicted molar refractivity (Wildman–Crippen MR) is 40.5 cm³/mol. The molecule has 0 aromatic heterocycles. The minimum absolute atomic E-state index is 0.0428. The first-order valence-corrected chi connectivity index (χ1v) is 4.51. The van der Waals surface area contributed by atoms with Crippen LogP contribution in [0, 0.1) is 0 Å². The van der Waals surface area contributed by atoms with E-state index >= 15 is 0 Å². The molecule has 0 heterocycles. The van der Waals surface area contributed by atoms with E-state index in [4.69, 9.17) is 10.8 Å². The Morgan fingerprint density at radius 1 is 1.78 bits per heavy atom. The van der Waals surface area contributed by atoms with Crippen molar-refractivity contribution in [2.45, 2.75) is 24.5 Å². The van der Waals surface area contributed by atoms with E-state index in [1.165, 1.54) is 0 Å². The van der Waals surface area contributed by atoms with Gasteiger partial charge in [0.1, 0.15) is 0 Å². The highest BCUT2D eigenvalue weighted by molar-refractivity contribution is 7.98. The zero-order valence-electron chi connectivity index (χ0n) is 5.63. The predicted octanol–water partition coefficient (Wildman–Crippen LogP) is 0.202. The van der Waals surface area contributed by atoms with Gasteiger partial charge in [-0.15, -0.1) is 0 Å². The molecule has 0 spiro atoms. The Labute approximate surface area is 59.8 Å². The van der Waals surface area contributed by atoms with E-state index in [-0.39, 0.29) is 11.6 Å². The standard InChI is InChI=1S/C6H13NOS/c1-9-4-6(7)2-5(8)3-6/h5,8H,2-4,7H2,1H3. The second-order valence-electron chi connectivity index (χ2n) is 2.86. The minimum Gasteiger partial charge on any atom is -0.393 e. The van der Waals surface area contributed by atoms with Gasteiger partial charge in [-0.3, -0.25) is 0 Å². The van der Waals surface area contributed by atoms with E-state index in [9.17, 15) is 0 Å². The summed E-state index contributed by atoms with van der Waals surface area (Å²) in [4.78, 5) is 0. The summed E-state index contributed by atoms with van der Waals surface area (Å²) < 4.78 is 0. The zero-order valence-corrected chi connectivity index (χ0v) is 6.45. The summed E-state index contributed by atoms with van der Waals surface area (Å²) in [5.41, 5.74) is 5.78. The van der Waals surface area contributed by atoms with Crippen molar-refractivity contribution >= 4 is 11.8 Å². The quantitative estimate of drug-likeness (QED) is 0.586. The minimum atomic E-state index is -0.123. The maximum absolute atomic E-state index is 8.92. The van der Waals surface area contributed by atoms with Crippen LogP contribution in [0.4, 0.5) is 0 Å². The molecule has 3 heteroatoms. The molecule has 0 atom stereocenters. The molecule has 0 unspecified atom stereocenters. The lowest BCUT2D eigenvalue weighted by Crippen LogP contribution is -2.56. The molecule has 2 nitrogen and oxygen atoms in total. The van der Waals surface area contributed by atoms with Crippen LogP contribution in [0.1, 0.15) is 12.8 Å². The Morgan fingerprint density at radius 2 is 2.33 bits per heavy atom. The van der Waals surface area contributed by atoms with Crippen LogP contribution in [0.5, 0.6) is 0 Å². The normalized spacial score (nSPS) is 42.3. The smallest absolute Gasteiger partial charge is 0.0575 e. The highest BCUT2D eigenvalue weighted by Crippen LogP contribution is 2.31. The van der Waals surface area contributed by atoms with Crippen molar-refractivity contribution in [2.75, 3.05) is 12.0 Å². The van der Waals surface area contributed by atoms with Gasteiger partial charge in [-0.2, -0.15) is 11.8 Å². The summed E-state index contributed by atoms with van der Waals surface area (Å²) in [6, 6.07) is 0. The third-order valence-corrected chi connectivity index (χ3v) is 2.58. The SMILES string of the molecule is CSCC1(N)CC(O)C1. The van der Waals surface area contributed by atoms with Crippen molar-refractivity contribution in [1.82, 2.24) is 0 Å². The largest absolute Gasteiger partial charge is 0.393 e. The van der Waals surface area contributed by atoms with Gasteiger partial charge in [0.15, 0.2) is 0 Å². The van der Waals surface area contributed by atoms with Gasteiger partial charge in [-0.05, 0) is 19.1 Å². The maximum atomic E-state index is 8.92. The van der Waals surface area contributed by atoms with E-state index < -0.39 is 0 Å². The molecular weight excluding hydrogens is 134 g/mol. The Kier molecular flexibility index (Phi) is 2.03. The number of thioether (sulfide) groups is 1. The van der Waals surface area contributed by atoms with Crippen LogP contribution in [0.3, 0.4) is 0 Å². The molecule has 54 valence electrons. The number of aliphatic hydroxyl groups is 1. The van der Waals surface area contributed by atoms with Crippen LogP contribution in [0.25, 0.3) is 0 Å². The lowest BCUT2D eigenvalue weighted by molar-refractivity contribution is 0.0346. The number of aliphatic hydroxyl groups excluding tert-OH is 1. The Balaban J connectivity index is 2.23. The maximum Gasteiger partial charge on any atom is 0.0575 e. The zero-order chi connectivity index (χ0) is 6.91. The second-order valence-corrected chi connectivity index (χ2v) is 3.72. The van der Waals surface area contributed by atoms with Crippen LogP contribution in [0.2, 0.25) is 0 Å². The third-order valence-electron chi connectivity index (χ3n) is 1.72. The molecule has 0 bridgehead atoms. The molecule has 0 aliphatic heterocycles. The van der Waals surface area contributed by atoms with Gasteiger partial charge in [-0.25, -0.2) is 0 Å². The first-order chi connectivity index (χ1) is 4.16. The topological polar surface area (TPSA) is 46.2 Å². The molecule has 1 aliphatic carbocycles. The lowest BCUT2D eigenvalue weighted by atomic mass is 9.77. The number of rotatable bonds is 2. The molecule has 0 aromatic rings. The summed E-state index contributed by atoms with van der Waals surface area (Å²) in [6.45, 7) is 0. The molecule has 0 saturated heterocycles. The van der Waals surface area contributed by atoms with Gasteiger partial charge >= 0.3 is 0 Å². The van der Waals surface area contributed by atoms with Crippen molar-refractivity contribution in [1.29, 1.82) is 0 Å². The number of nitrogens with two attached hydrogens (primary N) is 1. The van der Waals surface area contributed by atoms with Crippen LogP contribution in [-0.2, 0) is 0 Å². The van der Waals surface area contributed by atoms with Gasteiger partial charge < -0.3 is 10.8 Å². The second kappa shape index (κ2) is 2.48. The highest BCUT2D eigenvalue weighted by Gasteiger charge is 2.39. The fourth-order valence-electron chi connectivity index (χ4n) is 1.28. The summed E-state index contributed by atoms with van der Waals surface area (Å²) in [7, 11) is 0. The molecule has 0 aromatic carbocycles. The number of hydrogen-bond donors (Lipinski definition) is 2. The van der Waals surface area contributed by atoms with Crippen molar-refractivity contribution in [3.05, 3.63) is 0 Å². The van der Waals surface area contributed by atoms with Crippen LogP contribution < -0.4 is 5.73 Å². The van der Waals surface area contributed by atoms with E-state index in [0.29, 0.717) is 0 Å². The average Bonchev–Trinajstić information content (AvgIpc) is 1.62. The first kappa shape index (κ1) is 7.38. The molecule has 3 N–H and O–H groups in total. The van der Waals surface area contributed by atoms with Crippen LogP contribution in [0.15, 0.2) is 0 Å². The van der Waals surface area contributed by atoms with Crippen molar-refractivity contribution in [3.63, 3.8) is 0 Å². The fourth-order valence-corrected chi connectivity index (χ4v) is 2.09. The van der Waals surface area contributed by atoms with Crippen molar-refractivity contribution < 1.29 is 5.11 Å². The van der Waals surface area contributed by atoms with Crippen LogP contribution >= 0.6 is 11.8 Å². The lowest BCUT2D eigenvalue weighted by Gasteiger charge is -2.41. The van der Waals surface area contributed by atoms with Gasteiger partial charge in [0.2, 0.25) is 0 Å². The monoisotopic (exact) mass is 147 g/mol. The molecule has 1 aliphatic rings. The Morgan fingerprint density at radius 3 is 2.67 bits per heavy atom. The summed E-state index contributed by atoms with van der Waals surface area (Å²) in [5, 5.41) is 8.92. The molecule has 0 radical (unpaired) electrons. The van der Waals surface area contributed by atoms with Crippen molar-refractivity contribution in [3.8, 4) is 0 Å². The van der Waals surface area contributed by atoms with Crippen LogP contribution in [-0.4, -0.2) is 28.8 Å². The summed E-state index contributed by atoms with van der Waals surface area (Å²) >= 11 is 1.75. The fraction of sp³-hybridized carbons (Fsp3) is 1.00. The van der Waals surface area contributed by atoms with Crippen molar-refractivity contribution in [2.24, 2.45) is 5.73 Å². The van der Waals surface area contributed by atoms with E-state index in [0.717, 1.165) is 18.6 Å². The Hall–Kier alpha value is 0.270. The van der Waals surface area contributed by atoms with E-state index in [1.54, 1.807) is 11.8 Å². The molecular formula is C6H13NOS. The summed E-state index contributed by atoms with van der Waals surface area (Å²) in [6.07, 6.45) is 3.49. The highest BCUT2D eigenvalue weighted by atomic mass is 32.2. The van der Waals surface area contributed by atoms with Gasteiger partial charge in [0.05, 0.1) is 6.10 Å². The van der Waals surface area contributed by atoms with Gasteiger partial charge in [0.25, 0.3) is 0 Å². The van der Waals surface area contributed by atoms with Gasteiger partial charge in [-0.1, -0.05) is 0 Å². The Bertz CT molecular complexity index is 95.7. The molecule has 1 saturated carbocycles. The first-order valence-electron chi connectivity index (χ1n) is 3.12. The van der Waals surface area contributed by atoms with E-state index in [2.05, 4.69) is 0 Å². The summed E-state index contributed by atoms with van der Waals surface area (Å²) in [5.74, 6) is 0.976. The van der Waals surface area contributed by atoms with Gasteiger partial charge in [0, 0.05) is 11.3 Å². The molecule has 1 fully saturated rings. The third kappa shape index (κ3) is 1.60. The number of hydrogen-bond acceptors (Lipinski definition) is 3. The van der Waals surface area contributed by atoms with E-state index in [1.807, 2.05) is 6.26 Å². The molecule has 0 amide bonds. The average molecular weight is 147 g/mol.